The molecule has 2 saturated heterocycles. The van der Waals surface area contributed by atoms with Gasteiger partial charge in [-0.1, -0.05) is 30.3 Å². The van der Waals surface area contributed by atoms with E-state index in [2.05, 4.69) is 52.8 Å². The van der Waals surface area contributed by atoms with Gasteiger partial charge >= 0.3 is 0 Å². The summed E-state index contributed by atoms with van der Waals surface area (Å²) < 4.78 is 0. The van der Waals surface area contributed by atoms with Gasteiger partial charge in [0.05, 0.1) is 6.54 Å². The molecule has 1 amide bonds. The van der Waals surface area contributed by atoms with Crippen molar-refractivity contribution in [2.45, 2.75) is 51.6 Å². The van der Waals surface area contributed by atoms with Crippen LogP contribution in [0.25, 0.3) is 0 Å². The van der Waals surface area contributed by atoms with Gasteiger partial charge in [-0.15, -0.1) is 24.0 Å². The molecule has 3 rings (SSSR count). The number of carbonyl (C=O) groups is 1. The third-order valence-corrected chi connectivity index (χ3v) is 5.60. The zero-order chi connectivity index (χ0) is 19.6. The van der Waals surface area contributed by atoms with Gasteiger partial charge in [-0.2, -0.15) is 0 Å². The number of amides is 1. The molecular formula is C22H36IN5O. The second-order valence-corrected chi connectivity index (χ2v) is 7.74. The van der Waals surface area contributed by atoms with Gasteiger partial charge in [0, 0.05) is 45.2 Å². The van der Waals surface area contributed by atoms with Crippen LogP contribution in [0.4, 0.5) is 0 Å². The molecule has 1 atom stereocenters. The van der Waals surface area contributed by atoms with E-state index in [0.29, 0.717) is 11.9 Å². The lowest BCUT2D eigenvalue weighted by Crippen LogP contribution is -2.40. The number of rotatable bonds is 9. The summed E-state index contributed by atoms with van der Waals surface area (Å²) >= 11 is 0. The fraction of sp³-hybridized carbons (Fsp3) is 0.636. The van der Waals surface area contributed by atoms with E-state index >= 15 is 0 Å². The van der Waals surface area contributed by atoms with E-state index in [1.807, 2.05) is 4.90 Å². The largest absolute Gasteiger partial charge is 0.357 e. The van der Waals surface area contributed by atoms with Gasteiger partial charge in [-0.3, -0.25) is 14.7 Å². The van der Waals surface area contributed by atoms with Crippen molar-refractivity contribution >= 4 is 35.8 Å². The Hall–Kier alpha value is -1.35. The lowest BCUT2D eigenvalue weighted by molar-refractivity contribution is -0.127. The minimum Gasteiger partial charge on any atom is -0.357 e. The number of guanidine groups is 1. The first kappa shape index (κ1) is 23.9. The molecule has 1 aromatic carbocycles. The van der Waals surface area contributed by atoms with E-state index in [9.17, 15) is 4.79 Å². The first-order valence-electron chi connectivity index (χ1n) is 10.8. The summed E-state index contributed by atoms with van der Waals surface area (Å²) in [7, 11) is 0. The maximum absolute atomic E-state index is 11.7. The minimum atomic E-state index is 0. The Balaban J connectivity index is 0.00000300. The SMILES string of the molecule is CCNC(=NCC1CCCN1Cc1ccccc1)NCCCN1CCCC1=O.I. The molecule has 0 bridgehead atoms. The summed E-state index contributed by atoms with van der Waals surface area (Å²) in [5.41, 5.74) is 1.37. The van der Waals surface area contributed by atoms with Crippen molar-refractivity contribution < 1.29 is 4.79 Å². The molecule has 2 N–H and O–H groups in total. The zero-order valence-corrected chi connectivity index (χ0v) is 19.9. The average molecular weight is 513 g/mol. The Morgan fingerprint density at radius 2 is 2.00 bits per heavy atom. The number of nitrogens with zero attached hydrogens (tertiary/aromatic N) is 3. The maximum atomic E-state index is 11.7. The summed E-state index contributed by atoms with van der Waals surface area (Å²) in [5, 5.41) is 6.78. The highest BCUT2D eigenvalue weighted by Gasteiger charge is 2.24. The molecule has 0 radical (unpaired) electrons. The van der Waals surface area contributed by atoms with Crippen molar-refractivity contribution in [1.29, 1.82) is 0 Å². The Bertz CT molecular complexity index is 639. The lowest BCUT2D eigenvalue weighted by Gasteiger charge is -2.23. The summed E-state index contributed by atoms with van der Waals surface area (Å²) in [5.74, 6) is 1.20. The van der Waals surface area contributed by atoms with E-state index < -0.39 is 0 Å². The summed E-state index contributed by atoms with van der Waals surface area (Å²) in [6.07, 6.45) is 5.16. The fourth-order valence-electron chi connectivity index (χ4n) is 4.08. The standard InChI is InChI=1S/C22H35N5O.HI/c1-2-23-22(24-13-8-16-26-14-7-12-21(26)28)25-17-20-11-6-15-27(20)18-19-9-4-3-5-10-19;/h3-5,9-10,20H,2,6-8,11-18H2,1H3,(H2,23,24,25);1H. The number of halogens is 1. The van der Waals surface area contributed by atoms with E-state index in [1.54, 1.807) is 0 Å². The molecule has 0 aliphatic carbocycles. The molecule has 7 heteroatoms. The zero-order valence-electron chi connectivity index (χ0n) is 17.6. The summed E-state index contributed by atoms with van der Waals surface area (Å²) in [6.45, 7) is 8.55. The van der Waals surface area contributed by atoms with Crippen molar-refractivity contribution in [3.63, 3.8) is 0 Å². The number of aliphatic imine (C=N–C) groups is 1. The molecule has 2 heterocycles. The van der Waals surface area contributed by atoms with E-state index in [1.165, 1.54) is 18.4 Å². The molecular weight excluding hydrogens is 477 g/mol. The smallest absolute Gasteiger partial charge is 0.222 e. The molecule has 0 spiro atoms. The first-order chi connectivity index (χ1) is 13.8. The molecule has 2 aliphatic rings. The van der Waals surface area contributed by atoms with Crippen molar-refractivity contribution in [1.82, 2.24) is 20.4 Å². The predicted molar refractivity (Wildman–Crippen MR) is 130 cm³/mol. The molecule has 0 aromatic heterocycles. The van der Waals surface area contributed by atoms with Gasteiger partial charge in [0.15, 0.2) is 5.96 Å². The summed E-state index contributed by atoms with van der Waals surface area (Å²) in [6, 6.07) is 11.2. The quantitative estimate of drug-likeness (QED) is 0.231. The van der Waals surface area contributed by atoms with Crippen LogP contribution in [0.15, 0.2) is 35.3 Å². The van der Waals surface area contributed by atoms with Crippen molar-refractivity contribution in [2.75, 3.05) is 39.3 Å². The van der Waals surface area contributed by atoms with Crippen molar-refractivity contribution in [3.05, 3.63) is 35.9 Å². The van der Waals surface area contributed by atoms with E-state index in [4.69, 9.17) is 4.99 Å². The molecule has 2 fully saturated rings. The Labute approximate surface area is 192 Å². The third kappa shape index (κ3) is 7.77. The third-order valence-electron chi connectivity index (χ3n) is 5.60. The number of likely N-dealkylation sites (tertiary alicyclic amines) is 2. The second-order valence-electron chi connectivity index (χ2n) is 7.74. The topological polar surface area (TPSA) is 60.0 Å². The van der Waals surface area contributed by atoms with Gasteiger partial charge in [0.25, 0.3) is 0 Å². The van der Waals surface area contributed by atoms with Crippen LogP contribution < -0.4 is 10.6 Å². The van der Waals surface area contributed by atoms with Crippen molar-refractivity contribution in [2.24, 2.45) is 4.99 Å². The highest BCUT2D eigenvalue weighted by molar-refractivity contribution is 14.0. The van der Waals surface area contributed by atoms with Gasteiger partial charge in [-0.05, 0) is 44.7 Å². The van der Waals surface area contributed by atoms with Crippen LogP contribution in [0, 0.1) is 0 Å². The molecule has 1 aromatic rings. The molecule has 1 unspecified atom stereocenters. The number of hydrogen-bond donors (Lipinski definition) is 2. The van der Waals surface area contributed by atoms with Crippen LogP contribution >= 0.6 is 24.0 Å². The molecule has 29 heavy (non-hydrogen) atoms. The molecule has 2 aliphatic heterocycles. The normalized spacial score (nSPS) is 20.0. The number of hydrogen-bond acceptors (Lipinski definition) is 3. The maximum Gasteiger partial charge on any atom is 0.222 e. The van der Waals surface area contributed by atoms with E-state index in [0.717, 1.165) is 71.0 Å². The second kappa shape index (κ2) is 13.1. The molecule has 6 nitrogen and oxygen atoms in total. The van der Waals surface area contributed by atoms with Crippen molar-refractivity contribution in [3.8, 4) is 0 Å². The van der Waals surface area contributed by atoms with Crippen LogP contribution in [0.5, 0.6) is 0 Å². The molecule has 162 valence electrons. The molecule has 0 saturated carbocycles. The average Bonchev–Trinajstić information content (AvgIpc) is 3.32. The minimum absolute atomic E-state index is 0. The summed E-state index contributed by atoms with van der Waals surface area (Å²) in [4.78, 5) is 21.1. The van der Waals surface area contributed by atoms with Crippen LogP contribution in [-0.2, 0) is 11.3 Å². The van der Waals surface area contributed by atoms with Crippen LogP contribution in [0.3, 0.4) is 0 Å². The van der Waals surface area contributed by atoms with Crippen LogP contribution in [0.2, 0.25) is 0 Å². The highest BCUT2D eigenvalue weighted by Crippen LogP contribution is 2.20. The highest BCUT2D eigenvalue weighted by atomic mass is 127. The number of benzene rings is 1. The number of nitrogens with one attached hydrogen (secondary N) is 2. The predicted octanol–water partition coefficient (Wildman–Crippen LogP) is 2.84. The van der Waals surface area contributed by atoms with Crippen LogP contribution in [0.1, 0.15) is 44.6 Å². The monoisotopic (exact) mass is 513 g/mol. The Morgan fingerprint density at radius 3 is 2.72 bits per heavy atom. The van der Waals surface area contributed by atoms with E-state index in [-0.39, 0.29) is 24.0 Å². The first-order valence-corrected chi connectivity index (χ1v) is 10.8. The van der Waals surface area contributed by atoms with Gasteiger partial charge in [0.2, 0.25) is 5.91 Å². The Kier molecular flexibility index (Phi) is 10.8. The fourth-order valence-corrected chi connectivity index (χ4v) is 4.08. The van der Waals surface area contributed by atoms with Gasteiger partial charge < -0.3 is 15.5 Å². The number of carbonyl (C=O) groups excluding carboxylic acids is 1. The van der Waals surface area contributed by atoms with Crippen LogP contribution in [-0.4, -0.2) is 67.0 Å². The van der Waals surface area contributed by atoms with Gasteiger partial charge in [0.1, 0.15) is 0 Å². The lowest BCUT2D eigenvalue weighted by atomic mass is 10.2. The Morgan fingerprint density at radius 1 is 1.17 bits per heavy atom. The van der Waals surface area contributed by atoms with Gasteiger partial charge in [-0.25, -0.2) is 0 Å².